The SMILES string of the molecule is COc1ccc(S(=O)(=O)NC2CC(C)(C)NC(C)(C)C2)cc1OC. The molecule has 7 heteroatoms. The number of sulfonamides is 1. The molecule has 1 heterocycles. The summed E-state index contributed by atoms with van der Waals surface area (Å²) in [7, 11) is -0.628. The van der Waals surface area contributed by atoms with Crippen LogP contribution < -0.4 is 19.5 Å². The molecule has 0 bridgehead atoms. The van der Waals surface area contributed by atoms with Crippen LogP contribution in [0.2, 0.25) is 0 Å². The Hall–Kier alpha value is -1.31. The molecule has 1 aliphatic heterocycles. The molecule has 0 unspecified atom stereocenters. The summed E-state index contributed by atoms with van der Waals surface area (Å²) in [5.74, 6) is 0.895. The van der Waals surface area contributed by atoms with Crippen LogP contribution >= 0.6 is 0 Å². The van der Waals surface area contributed by atoms with Crippen molar-refractivity contribution in [2.24, 2.45) is 0 Å². The highest BCUT2D eigenvalue weighted by Gasteiger charge is 2.39. The average molecular weight is 356 g/mol. The second-order valence-electron chi connectivity index (χ2n) is 7.64. The summed E-state index contributed by atoms with van der Waals surface area (Å²) in [5.41, 5.74) is -0.265. The van der Waals surface area contributed by atoms with Gasteiger partial charge in [0.15, 0.2) is 11.5 Å². The van der Waals surface area contributed by atoms with Gasteiger partial charge in [-0.05, 0) is 52.7 Å². The highest BCUT2D eigenvalue weighted by Crippen LogP contribution is 2.32. The van der Waals surface area contributed by atoms with Crippen molar-refractivity contribution in [3.8, 4) is 11.5 Å². The summed E-state index contributed by atoms with van der Waals surface area (Å²) in [6, 6.07) is 4.48. The van der Waals surface area contributed by atoms with Crippen LogP contribution in [0.4, 0.5) is 0 Å². The van der Waals surface area contributed by atoms with Crippen LogP contribution in [0.5, 0.6) is 11.5 Å². The van der Waals surface area contributed by atoms with Gasteiger partial charge in [0.05, 0.1) is 19.1 Å². The van der Waals surface area contributed by atoms with E-state index in [0.29, 0.717) is 11.5 Å². The predicted molar refractivity (Wildman–Crippen MR) is 94.2 cm³/mol. The highest BCUT2D eigenvalue weighted by molar-refractivity contribution is 7.89. The molecule has 6 nitrogen and oxygen atoms in total. The zero-order valence-electron chi connectivity index (χ0n) is 15.3. The van der Waals surface area contributed by atoms with Gasteiger partial charge in [0.2, 0.25) is 10.0 Å². The van der Waals surface area contributed by atoms with Crippen molar-refractivity contribution in [3.05, 3.63) is 18.2 Å². The Morgan fingerprint density at radius 2 is 1.58 bits per heavy atom. The molecule has 0 aromatic heterocycles. The lowest BCUT2D eigenvalue weighted by Crippen LogP contribution is -2.62. The molecule has 0 atom stereocenters. The molecule has 1 aromatic rings. The summed E-state index contributed by atoms with van der Waals surface area (Å²) in [6.07, 6.45) is 1.45. The van der Waals surface area contributed by atoms with Crippen molar-refractivity contribution in [1.29, 1.82) is 0 Å². The molecule has 0 spiro atoms. The monoisotopic (exact) mass is 356 g/mol. The predicted octanol–water partition coefficient (Wildman–Crippen LogP) is 2.29. The summed E-state index contributed by atoms with van der Waals surface area (Å²) in [4.78, 5) is 0.175. The molecule has 1 fully saturated rings. The van der Waals surface area contributed by atoms with Crippen molar-refractivity contribution in [2.75, 3.05) is 14.2 Å². The fourth-order valence-corrected chi connectivity index (χ4v) is 4.93. The third-order valence-electron chi connectivity index (χ3n) is 4.18. The van der Waals surface area contributed by atoms with Gasteiger partial charge in [-0.1, -0.05) is 0 Å². The maximum Gasteiger partial charge on any atom is 0.240 e. The van der Waals surface area contributed by atoms with Crippen LogP contribution in [0.15, 0.2) is 23.1 Å². The minimum absolute atomic E-state index is 0.130. The van der Waals surface area contributed by atoms with E-state index in [2.05, 4.69) is 37.7 Å². The smallest absolute Gasteiger partial charge is 0.240 e. The van der Waals surface area contributed by atoms with E-state index < -0.39 is 10.0 Å². The lowest BCUT2D eigenvalue weighted by molar-refractivity contribution is 0.157. The van der Waals surface area contributed by atoms with E-state index in [1.54, 1.807) is 6.07 Å². The first-order chi connectivity index (χ1) is 11.0. The third kappa shape index (κ3) is 4.40. The van der Waals surface area contributed by atoms with Gasteiger partial charge in [-0.2, -0.15) is 0 Å². The molecule has 1 saturated heterocycles. The zero-order chi connectivity index (χ0) is 18.2. The zero-order valence-corrected chi connectivity index (χ0v) is 16.1. The van der Waals surface area contributed by atoms with Gasteiger partial charge in [0, 0.05) is 23.2 Å². The van der Waals surface area contributed by atoms with Crippen molar-refractivity contribution in [2.45, 2.75) is 62.6 Å². The maximum absolute atomic E-state index is 12.8. The van der Waals surface area contributed by atoms with Gasteiger partial charge in [-0.15, -0.1) is 0 Å². The summed E-state index contributed by atoms with van der Waals surface area (Å²) >= 11 is 0. The van der Waals surface area contributed by atoms with Crippen molar-refractivity contribution in [3.63, 3.8) is 0 Å². The van der Waals surface area contributed by atoms with Gasteiger partial charge < -0.3 is 14.8 Å². The number of hydrogen-bond donors (Lipinski definition) is 2. The van der Waals surface area contributed by atoms with Crippen molar-refractivity contribution < 1.29 is 17.9 Å². The molecule has 1 aliphatic rings. The first-order valence-corrected chi connectivity index (χ1v) is 9.50. The summed E-state index contributed by atoms with van der Waals surface area (Å²) in [6.45, 7) is 8.36. The fraction of sp³-hybridized carbons (Fsp3) is 0.647. The largest absolute Gasteiger partial charge is 0.493 e. The van der Waals surface area contributed by atoms with Crippen molar-refractivity contribution in [1.82, 2.24) is 10.0 Å². The first-order valence-electron chi connectivity index (χ1n) is 8.02. The number of methoxy groups -OCH3 is 2. The third-order valence-corrected chi connectivity index (χ3v) is 5.70. The van der Waals surface area contributed by atoms with E-state index in [1.807, 2.05) is 0 Å². The Morgan fingerprint density at radius 1 is 1.04 bits per heavy atom. The topological polar surface area (TPSA) is 76.7 Å². The van der Waals surface area contributed by atoms with Gasteiger partial charge >= 0.3 is 0 Å². The van der Waals surface area contributed by atoms with Crippen LogP contribution in [0.3, 0.4) is 0 Å². The number of benzene rings is 1. The van der Waals surface area contributed by atoms with Crippen molar-refractivity contribution >= 4 is 10.0 Å². The molecule has 136 valence electrons. The number of hydrogen-bond acceptors (Lipinski definition) is 5. The number of nitrogens with one attached hydrogen (secondary N) is 2. The van der Waals surface area contributed by atoms with E-state index in [0.717, 1.165) is 12.8 Å². The Bertz CT molecular complexity index is 683. The summed E-state index contributed by atoms with van der Waals surface area (Å²) in [5, 5.41) is 3.55. The quantitative estimate of drug-likeness (QED) is 0.846. The minimum atomic E-state index is -3.63. The molecule has 1 aromatic carbocycles. The Morgan fingerprint density at radius 3 is 2.08 bits per heavy atom. The van der Waals surface area contributed by atoms with Crippen LogP contribution in [0.1, 0.15) is 40.5 Å². The Kier molecular flexibility index (Phi) is 5.18. The Balaban J connectivity index is 2.25. The lowest BCUT2D eigenvalue weighted by atomic mass is 9.80. The first kappa shape index (κ1) is 19.0. The molecule has 2 rings (SSSR count). The Labute approximate surface area is 145 Å². The number of rotatable bonds is 5. The molecule has 0 radical (unpaired) electrons. The van der Waals surface area contributed by atoms with Gasteiger partial charge in [-0.3, -0.25) is 0 Å². The maximum atomic E-state index is 12.8. The van der Waals surface area contributed by atoms with Crippen LogP contribution in [0, 0.1) is 0 Å². The molecule has 24 heavy (non-hydrogen) atoms. The standard InChI is InChI=1S/C17H28N2O4S/c1-16(2)10-12(11-17(3,4)19-16)18-24(20,21)13-7-8-14(22-5)15(9-13)23-6/h7-9,12,18-19H,10-11H2,1-6H3. The van der Waals surface area contributed by atoms with Crippen LogP contribution in [0.25, 0.3) is 0 Å². The normalized spacial score (nSPS) is 20.6. The lowest BCUT2D eigenvalue weighted by Gasteiger charge is -2.46. The fourth-order valence-electron chi connectivity index (χ4n) is 3.68. The average Bonchev–Trinajstić information content (AvgIpc) is 2.42. The van der Waals surface area contributed by atoms with Crippen LogP contribution in [-0.4, -0.2) is 39.8 Å². The van der Waals surface area contributed by atoms with Gasteiger partial charge in [-0.25, -0.2) is 13.1 Å². The minimum Gasteiger partial charge on any atom is -0.493 e. The second kappa shape index (κ2) is 6.54. The van der Waals surface area contributed by atoms with Gasteiger partial charge in [0.1, 0.15) is 0 Å². The molecule has 0 aliphatic carbocycles. The highest BCUT2D eigenvalue weighted by atomic mass is 32.2. The van der Waals surface area contributed by atoms with E-state index in [-0.39, 0.29) is 22.0 Å². The molecule has 2 N–H and O–H groups in total. The van der Waals surface area contributed by atoms with E-state index in [1.165, 1.54) is 26.4 Å². The molecular formula is C17H28N2O4S. The number of ether oxygens (including phenoxy) is 2. The molecule has 0 saturated carbocycles. The van der Waals surface area contributed by atoms with E-state index in [9.17, 15) is 8.42 Å². The van der Waals surface area contributed by atoms with E-state index >= 15 is 0 Å². The molecule has 0 amide bonds. The summed E-state index contributed by atoms with van der Waals surface area (Å²) < 4.78 is 38.7. The molecular weight excluding hydrogens is 328 g/mol. The number of piperidine rings is 1. The van der Waals surface area contributed by atoms with Gasteiger partial charge in [0.25, 0.3) is 0 Å². The van der Waals surface area contributed by atoms with Crippen LogP contribution in [-0.2, 0) is 10.0 Å². The van der Waals surface area contributed by atoms with E-state index in [4.69, 9.17) is 9.47 Å². The second-order valence-corrected chi connectivity index (χ2v) is 9.35.